The van der Waals surface area contributed by atoms with E-state index in [1.807, 2.05) is 0 Å². The van der Waals surface area contributed by atoms with Crippen LogP contribution in [0, 0.1) is 17.8 Å². The molecule has 2 unspecified atom stereocenters. The minimum atomic E-state index is 0.799. The van der Waals surface area contributed by atoms with Gasteiger partial charge in [-0.1, -0.05) is 25.0 Å². The number of fused-ring (bicyclic) bond motifs is 3. The van der Waals surface area contributed by atoms with Crippen molar-refractivity contribution < 1.29 is 0 Å². The smallest absolute Gasteiger partial charge is 0.00113 e. The predicted molar refractivity (Wildman–Crippen MR) is 65.9 cm³/mol. The van der Waals surface area contributed by atoms with E-state index in [1.165, 1.54) is 45.1 Å². The van der Waals surface area contributed by atoms with Crippen LogP contribution in [0.3, 0.4) is 0 Å². The Morgan fingerprint density at radius 1 is 1.33 bits per heavy atom. The molecule has 0 radical (unpaired) electrons. The standard InChI is InChI=1S/C14H25N/c1-11-8-12-4-3-5-14(11)9-13(7-6-12)10-15-2/h9,11-13,15H,3-8,10H2,1-2H3/t11-,12?,13?/m0/s1. The van der Waals surface area contributed by atoms with Gasteiger partial charge >= 0.3 is 0 Å². The maximum Gasteiger partial charge on any atom is 0.00113 e. The van der Waals surface area contributed by atoms with Gasteiger partial charge in [0.05, 0.1) is 0 Å². The minimum Gasteiger partial charge on any atom is -0.319 e. The summed E-state index contributed by atoms with van der Waals surface area (Å²) in [6.45, 7) is 3.61. The molecule has 0 amide bonds. The summed E-state index contributed by atoms with van der Waals surface area (Å²) >= 11 is 0. The highest BCUT2D eigenvalue weighted by atomic mass is 14.8. The van der Waals surface area contributed by atoms with Crippen molar-refractivity contribution in [2.45, 2.75) is 45.4 Å². The van der Waals surface area contributed by atoms with Gasteiger partial charge in [0, 0.05) is 6.54 Å². The Balaban J connectivity index is 2.13. The lowest BCUT2D eigenvalue weighted by Crippen LogP contribution is -2.20. The van der Waals surface area contributed by atoms with E-state index < -0.39 is 0 Å². The van der Waals surface area contributed by atoms with Gasteiger partial charge in [-0.2, -0.15) is 0 Å². The van der Waals surface area contributed by atoms with Crippen molar-refractivity contribution in [3.8, 4) is 0 Å². The monoisotopic (exact) mass is 207 g/mol. The Hall–Kier alpha value is -0.300. The van der Waals surface area contributed by atoms with Crippen molar-refractivity contribution in [3.63, 3.8) is 0 Å². The van der Waals surface area contributed by atoms with Crippen LogP contribution in [0.1, 0.15) is 45.4 Å². The summed E-state index contributed by atoms with van der Waals surface area (Å²) in [4.78, 5) is 0. The zero-order valence-electron chi connectivity index (χ0n) is 10.3. The Bertz CT molecular complexity index is 231. The van der Waals surface area contributed by atoms with Crippen LogP contribution in [-0.4, -0.2) is 13.6 Å². The first-order valence-electron chi connectivity index (χ1n) is 6.64. The number of nitrogens with one attached hydrogen (secondary N) is 1. The molecule has 0 heterocycles. The van der Waals surface area contributed by atoms with Crippen molar-refractivity contribution in [1.82, 2.24) is 5.32 Å². The van der Waals surface area contributed by atoms with Crippen LogP contribution in [0.25, 0.3) is 0 Å². The molecule has 2 aliphatic rings. The van der Waals surface area contributed by atoms with Gasteiger partial charge in [0.2, 0.25) is 0 Å². The largest absolute Gasteiger partial charge is 0.319 e. The molecule has 0 aromatic heterocycles. The van der Waals surface area contributed by atoms with E-state index >= 15 is 0 Å². The molecular weight excluding hydrogens is 182 g/mol. The van der Waals surface area contributed by atoms with Gasteiger partial charge in [0.15, 0.2) is 0 Å². The third-order valence-corrected chi connectivity index (χ3v) is 4.26. The highest BCUT2D eigenvalue weighted by Crippen LogP contribution is 2.37. The first-order valence-corrected chi connectivity index (χ1v) is 6.64. The van der Waals surface area contributed by atoms with Crippen LogP contribution in [0.5, 0.6) is 0 Å². The van der Waals surface area contributed by atoms with Gasteiger partial charge in [0.25, 0.3) is 0 Å². The summed E-state index contributed by atoms with van der Waals surface area (Å²) in [6.07, 6.45) is 11.2. The van der Waals surface area contributed by atoms with Crippen LogP contribution in [0.4, 0.5) is 0 Å². The van der Waals surface area contributed by atoms with Crippen molar-refractivity contribution in [1.29, 1.82) is 0 Å². The fraction of sp³-hybridized carbons (Fsp3) is 0.857. The molecule has 0 aromatic carbocycles. The third-order valence-electron chi connectivity index (χ3n) is 4.26. The molecule has 1 heteroatoms. The lowest BCUT2D eigenvalue weighted by molar-refractivity contribution is 0.349. The van der Waals surface area contributed by atoms with E-state index in [9.17, 15) is 0 Å². The van der Waals surface area contributed by atoms with Gasteiger partial charge in [0.1, 0.15) is 0 Å². The average molecular weight is 207 g/mol. The van der Waals surface area contributed by atoms with Crippen molar-refractivity contribution in [2.24, 2.45) is 17.8 Å². The fourth-order valence-corrected chi connectivity index (χ4v) is 3.38. The number of allylic oxidation sites excluding steroid dienone is 1. The first kappa shape index (κ1) is 11.2. The summed E-state index contributed by atoms with van der Waals surface area (Å²) in [5.41, 5.74) is 1.76. The van der Waals surface area contributed by atoms with Gasteiger partial charge < -0.3 is 5.32 Å². The van der Waals surface area contributed by atoms with Crippen LogP contribution in [0.2, 0.25) is 0 Å². The van der Waals surface area contributed by atoms with Crippen molar-refractivity contribution >= 4 is 0 Å². The van der Waals surface area contributed by atoms with E-state index in [0.29, 0.717) is 0 Å². The Morgan fingerprint density at radius 3 is 3.00 bits per heavy atom. The first-order chi connectivity index (χ1) is 7.29. The van der Waals surface area contributed by atoms with Crippen molar-refractivity contribution in [2.75, 3.05) is 13.6 Å². The lowest BCUT2D eigenvalue weighted by atomic mass is 9.82. The van der Waals surface area contributed by atoms with E-state index in [2.05, 4.69) is 25.4 Å². The second-order valence-electron chi connectivity index (χ2n) is 5.53. The Morgan fingerprint density at radius 2 is 2.20 bits per heavy atom. The molecule has 0 spiro atoms. The maximum absolute atomic E-state index is 3.34. The molecule has 3 atom stereocenters. The molecule has 1 N–H and O–H groups in total. The zero-order chi connectivity index (χ0) is 10.7. The summed E-state index contributed by atoms with van der Waals surface area (Å²) in [7, 11) is 2.08. The van der Waals surface area contributed by atoms with Gasteiger partial charge in [-0.3, -0.25) is 0 Å². The molecule has 1 saturated carbocycles. The van der Waals surface area contributed by atoms with Crippen molar-refractivity contribution in [3.05, 3.63) is 11.6 Å². The van der Waals surface area contributed by atoms with Crippen LogP contribution in [-0.2, 0) is 0 Å². The zero-order valence-corrected chi connectivity index (χ0v) is 10.3. The SMILES string of the molecule is CNCC1C=C2CCCC(CC1)C[C@@H]2C. The lowest BCUT2D eigenvalue weighted by Gasteiger charge is -2.25. The van der Waals surface area contributed by atoms with Crippen LogP contribution >= 0.6 is 0 Å². The van der Waals surface area contributed by atoms with Gasteiger partial charge in [-0.25, -0.2) is 0 Å². The predicted octanol–water partition coefficient (Wildman–Crippen LogP) is 3.37. The van der Waals surface area contributed by atoms with Gasteiger partial charge in [-0.15, -0.1) is 0 Å². The number of rotatable bonds is 2. The molecule has 15 heavy (non-hydrogen) atoms. The van der Waals surface area contributed by atoms with E-state index in [1.54, 1.807) is 5.57 Å². The highest BCUT2D eigenvalue weighted by molar-refractivity contribution is 5.11. The van der Waals surface area contributed by atoms with Gasteiger partial charge in [-0.05, 0) is 56.9 Å². The molecule has 1 fully saturated rings. The molecule has 1 nitrogen and oxygen atoms in total. The number of hydrogen-bond donors (Lipinski definition) is 1. The second kappa shape index (κ2) is 5.16. The van der Waals surface area contributed by atoms with E-state index in [0.717, 1.165) is 17.8 Å². The Labute approximate surface area is 94.3 Å². The molecule has 0 aromatic rings. The number of hydrogen-bond acceptors (Lipinski definition) is 1. The quantitative estimate of drug-likeness (QED) is 0.685. The van der Waals surface area contributed by atoms with Crippen LogP contribution in [0.15, 0.2) is 11.6 Å². The topological polar surface area (TPSA) is 12.0 Å². The minimum absolute atomic E-state index is 0.799. The molecule has 0 aliphatic heterocycles. The molecule has 2 aliphatic carbocycles. The van der Waals surface area contributed by atoms with E-state index in [4.69, 9.17) is 0 Å². The molecule has 86 valence electrons. The third kappa shape index (κ3) is 2.84. The molecule has 2 bridgehead atoms. The summed E-state index contributed by atoms with van der Waals surface area (Å²) in [6, 6.07) is 0. The summed E-state index contributed by atoms with van der Waals surface area (Å²) in [5, 5.41) is 3.34. The fourth-order valence-electron chi connectivity index (χ4n) is 3.38. The molecule has 0 saturated heterocycles. The Kier molecular flexibility index (Phi) is 3.85. The average Bonchev–Trinajstić information content (AvgIpc) is 2.32. The summed E-state index contributed by atoms with van der Waals surface area (Å²) in [5.74, 6) is 2.68. The highest BCUT2D eigenvalue weighted by Gasteiger charge is 2.24. The normalized spacial score (nSPS) is 36.7. The summed E-state index contributed by atoms with van der Waals surface area (Å²) < 4.78 is 0. The molecule has 2 rings (SSSR count). The second-order valence-corrected chi connectivity index (χ2v) is 5.53. The maximum atomic E-state index is 3.34. The molecular formula is C14H25N. The van der Waals surface area contributed by atoms with Crippen LogP contribution < -0.4 is 5.32 Å². The van der Waals surface area contributed by atoms with E-state index in [-0.39, 0.29) is 0 Å².